The number of unbranched alkanes of at least 4 members (excludes halogenated alkanes) is 14. The van der Waals surface area contributed by atoms with E-state index < -0.39 is 10.1 Å². The summed E-state index contributed by atoms with van der Waals surface area (Å²) in [5.41, 5.74) is 0. The average Bonchev–Trinajstić information content (AvgIpc) is 2.76. The second-order valence-electron chi connectivity index (χ2n) is 9.86. The normalized spacial score (nSPS) is 15.2. The Bertz CT molecular complexity index is 558. The molecule has 0 atom stereocenters. The van der Waals surface area contributed by atoms with Gasteiger partial charge in [-0.1, -0.05) is 116 Å². The van der Waals surface area contributed by atoms with E-state index in [2.05, 4.69) is 6.92 Å². The molecule has 0 aromatic rings. The summed E-state index contributed by atoms with van der Waals surface area (Å²) in [4.78, 5) is 14.5. The molecule has 6 heteroatoms. The van der Waals surface area contributed by atoms with Crippen LogP contribution >= 0.6 is 0 Å². The summed E-state index contributed by atoms with van der Waals surface area (Å²) >= 11 is 0. The third-order valence-electron chi connectivity index (χ3n) is 6.92. The van der Waals surface area contributed by atoms with Gasteiger partial charge >= 0.3 is 0 Å². The van der Waals surface area contributed by atoms with E-state index in [0.29, 0.717) is 6.42 Å². The second kappa shape index (κ2) is 18.8. The zero-order valence-electron chi connectivity index (χ0n) is 20.9. The van der Waals surface area contributed by atoms with E-state index in [1.165, 1.54) is 89.9 Å². The van der Waals surface area contributed by atoms with Crippen LogP contribution in [0.15, 0.2) is 0 Å². The summed E-state index contributed by atoms with van der Waals surface area (Å²) in [5, 5.41) is 0. The third-order valence-corrected chi connectivity index (χ3v) is 7.62. The van der Waals surface area contributed by atoms with E-state index in [0.717, 1.165) is 38.5 Å². The fraction of sp³-hybridized carbons (Fsp3) is 0.962. The molecule has 0 aliphatic heterocycles. The van der Waals surface area contributed by atoms with Gasteiger partial charge in [0.25, 0.3) is 10.1 Å². The van der Waals surface area contributed by atoms with E-state index in [-0.39, 0.29) is 24.2 Å². The predicted molar refractivity (Wildman–Crippen MR) is 135 cm³/mol. The maximum Gasteiger partial charge on any atom is 0.266 e. The summed E-state index contributed by atoms with van der Waals surface area (Å²) < 4.78 is 31.4. The van der Waals surface area contributed by atoms with Gasteiger partial charge in [-0.3, -0.25) is 9.35 Å². The lowest BCUT2D eigenvalue weighted by Crippen LogP contribution is -2.43. The minimum absolute atomic E-state index is 0.0650. The Balaban J connectivity index is 2.05. The first-order valence-corrected chi connectivity index (χ1v) is 15.3. The lowest BCUT2D eigenvalue weighted by atomic mass is 9.94. The van der Waals surface area contributed by atoms with Crippen LogP contribution in [-0.4, -0.2) is 42.1 Å². The fourth-order valence-corrected chi connectivity index (χ4v) is 5.34. The van der Waals surface area contributed by atoms with Gasteiger partial charge in [0, 0.05) is 19.0 Å². The largest absolute Gasteiger partial charge is 0.339 e. The quantitative estimate of drug-likeness (QED) is 0.149. The maximum atomic E-state index is 12.7. The first-order valence-electron chi connectivity index (χ1n) is 13.7. The molecule has 1 fully saturated rings. The molecule has 1 aliphatic rings. The highest BCUT2D eigenvalue weighted by Gasteiger charge is 2.26. The van der Waals surface area contributed by atoms with Gasteiger partial charge in [-0.25, -0.2) is 0 Å². The van der Waals surface area contributed by atoms with Crippen LogP contribution in [0, 0.1) is 0 Å². The van der Waals surface area contributed by atoms with E-state index in [1.807, 2.05) is 0 Å². The van der Waals surface area contributed by atoms with Crippen molar-refractivity contribution in [2.45, 2.75) is 148 Å². The molecule has 1 rings (SSSR count). The minimum Gasteiger partial charge on any atom is -0.339 e. The molecule has 1 aliphatic carbocycles. The van der Waals surface area contributed by atoms with Crippen LogP contribution in [-0.2, 0) is 14.9 Å². The Morgan fingerprint density at radius 3 is 1.62 bits per heavy atom. The van der Waals surface area contributed by atoms with Crippen molar-refractivity contribution in [1.29, 1.82) is 0 Å². The van der Waals surface area contributed by atoms with Crippen molar-refractivity contribution < 1.29 is 17.8 Å². The topological polar surface area (TPSA) is 74.7 Å². The van der Waals surface area contributed by atoms with Crippen molar-refractivity contribution in [3.8, 4) is 0 Å². The van der Waals surface area contributed by atoms with Crippen LogP contribution in [0.2, 0.25) is 0 Å². The van der Waals surface area contributed by atoms with Crippen molar-refractivity contribution in [2.75, 3.05) is 12.3 Å². The molecule has 5 nitrogen and oxygen atoms in total. The monoisotopic (exact) mass is 473 g/mol. The summed E-state index contributed by atoms with van der Waals surface area (Å²) in [6.07, 6.45) is 25.3. The van der Waals surface area contributed by atoms with Crippen molar-refractivity contribution in [1.82, 2.24) is 4.90 Å². The SMILES string of the molecule is CCCCCCCCCCCCCCCCCC(=O)N(CCS(=O)(=O)O)C1CCCCC1. The molecule has 0 unspecified atom stereocenters. The molecule has 0 saturated heterocycles. The third kappa shape index (κ3) is 16.1. The maximum absolute atomic E-state index is 12.7. The number of carbonyl (C=O) groups is 1. The number of rotatable bonds is 20. The van der Waals surface area contributed by atoms with Crippen LogP contribution in [0.25, 0.3) is 0 Å². The molecule has 1 N–H and O–H groups in total. The van der Waals surface area contributed by atoms with Gasteiger partial charge in [0.2, 0.25) is 5.91 Å². The van der Waals surface area contributed by atoms with Gasteiger partial charge in [-0.2, -0.15) is 8.42 Å². The van der Waals surface area contributed by atoms with Crippen molar-refractivity contribution in [2.24, 2.45) is 0 Å². The Hall–Kier alpha value is -0.620. The number of carbonyl (C=O) groups excluding carboxylic acids is 1. The average molecular weight is 474 g/mol. The van der Waals surface area contributed by atoms with E-state index in [1.54, 1.807) is 4.90 Å². The molecule has 32 heavy (non-hydrogen) atoms. The van der Waals surface area contributed by atoms with Gasteiger partial charge < -0.3 is 4.90 Å². The van der Waals surface area contributed by atoms with Gasteiger partial charge in [-0.05, 0) is 19.3 Å². The minimum atomic E-state index is -4.04. The predicted octanol–water partition coefficient (Wildman–Crippen LogP) is 7.30. The highest BCUT2D eigenvalue weighted by atomic mass is 32.2. The molecule has 1 amide bonds. The summed E-state index contributed by atoms with van der Waals surface area (Å²) in [7, 11) is -4.04. The standard InChI is InChI=1S/C26H51NO4S/c1-2-3-4-5-6-7-8-9-10-11-12-13-14-15-19-22-26(28)27(23-24-32(29,30)31)25-20-17-16-18-21-25/h25H,2-24H2,1H3,(H,29,30,31). The Kier molecular flexibility index (Phi) is 17.2. The van der Waals surface area contributed by atoms with Gasteiger partial charge in [-0.15, -0.1) is 0 Å². The van der Waals surface area contributed by atoms with Gasteiger partial charge in [0.1, 0.15) is 0 Å². The molecular weight excluding hydrogens is 422 g/mol. The van der Waals surface area contributed by atoms with Crippen LogP contribution in [0.1, 0.15) is 142 Å². The van der Waals surface area contributed by atoms with Crippen molar-refractivity contribution in [3.63, 3.8) is 0 Å². The smallest absolute Gasteiger partial charge is 0.266 e. The van der Waals surface area contributed by atoms with Crippen LogP contribution in [0.3, 0.4) is 0 Å². The first-order chi connectivity index (χ1) is 15.4. The van der Waals surface area contributed by atoms with Crippen molar-refractivity contribution >= 4 is 16.0 Å². The first kappa shape index (κ1) is 29.4. The molecule has 0 heterocycles. The van der Waals surface area contributed by atoms with Crippen molar-refractivity contribution in [3.05, 3.63) is 0 Å². The number of amides is 1. The Morgan fingerprint density at radius 2 is 1.19 bits per heavy atom. The van der Waals surface area contributed by atoms with E-state index >= 15 is 0 Å². The second-order valence-corrected chi connectivity index (χ2v) is 11.4. The molecule has 0 aromatic heterocycles. The molecule has 0 aromatic carbocycles. The van der Waals surface area contributed by atoms with Gasteiger partial charge in [0.15, 0.2) is 0 Å². The number of hydrogen-bond donors (Lipinski definition) is 1. The highest BCUT2D eigenvalue weighted by molar-refractivity contribution is 7.85. The lowest BCUT2D eigenvalue weighted by Gasteiger charge is -2.34. The number of hydrogen-bond acceptors (Lipinski definition) is 3. The molecule has 190 valence electrons. The number of nitrogens with zero attached hydrogens (tertiary/aromatic N) is 1. The Morgan fingerprint density at radius 1 is 0.750 bits per heavy atom. The van der Waals surface area contributed by atoms with Crippen LogP contribution < -0.4 is 0 Å². The zero-order valence-corrected chi connectivity index (χ0v) is 21.7. The summed E-state index contributed by atoms with van der Waals surface area (Å²) in [6.45, 7) is 2.39. The van der Waals surface area contributed by atoms with Crippen LogP contribution in [0.5, 0.6) is 0 Å². The fourth-order valence-electron chi connectivity index (χ4n) is 4.91. The highest BCUT2D eigenvalue weighted by Crippen LogP contribution is 2.24. The molecule has 1 saturated carbocycles. The molecular formula is C26H51NO4S. The Labute approximate surface area is 198 Å². The molecule has 0 bridgehead atoms. The lowest BCUT2D eigenvalue weighted by molar-refractivity contribution is -0.134. The summed E-state index contributed by atoms with van der Waals surface area (Å²) in [6, 6.07) is 0.148. The van der Waals surface area contributed by atoms with Gasteiger partial charge in [0.05, 0.1) is 5.75 Å². The zero-order chi connectivity index (χ0) is 23.5. The van der Waals surface area contributed by atoms with Crippen LogP contribution in [0.4, 0.5) is 0 Å². The summed E-state index contributed by atoms with van der Waals surface area (Å²) in [5.74, 6) is -0.288. The van der Waals surface area contributed by atoms with E-state index in [4.69, 9.17) is 4.55 Å². The molecule has 0 spiro atoms. The molecule has 0 radical (unpaired) electrons. The van der Waals surface area contributed by atoms with E-state index in [9.17, 15) is 13.2 Å².